The normalized spacial score (nSPS) is 14.6. The maximum Gasteiger partial charge on any atom is 0.222 e. The number of hydrogen-bond donors (Lipinski definition) is 0. The third kappa shape index (κ3) is 4.86. The van der Waals surface area contributed by atoms with Crippen LogP contribution in [0.5, 0.6) is 0 Å². The van der Waals surface area contributed by atoms with E-state index >= 15 is 0 Å². The summed E-state index contributed by atoms with van der Waals surface area (Å²) in [6.07, 6.45) is 4.02. The van der Waals surface area contributed by atoms with E-state index in [-0.39, 0.29) is 5.91 Å². The van der Waals surface area contributed by atoms with Crippen molar-refractivity contribution < 1.29 is 4.79 Å². The van der Waals surface area contributed by atoms with Gasteiger partial charge in [0.15, 0.2) is 0 Å². The van der Waals surface area contributed by atoms with Gasteiger partial charge in [-0.3, -0.25) is 4.79 Å². The van der Waals surface area contributed by atoms with Crippen molar-refractivity contribution in [2.24, 2.45) is 0 Å². The van der Waals surface area contributed by atoms with Crippen molar-refractivity contribution in [3.05, 3.63) is 58.2 Å². The van der Waals surface area contributed by atoms with Crippen molar-refractivity contribution in [3.63, 3.8) is 0 Å². The fourth-order valence-electron chi connectivity index (χ4n) is 3.05. The molecule has 1 aromatic heterocycles. The number of aryl methyl sites for hydroxylation is 1. The average molecular weight is 378 g/mol. The Hall–Kier alpha value is -1.78. The molecule has 2 aromatic rings. The molecule has 1 amide bonds. The second kappa shape index (κ2) is 8.54. The van der Waals surface area contributed by atoms with Crippen LogP contribution in [0.1, 0.15) is 18.4 Å². The number of amides is 1. The zero-order valence-electron chi connectivity index (χ0n) is 14.0. The van der Waals surface area contributed by atoms with Crippen molar-refractivity contribution in [2.75, 3.05) is 31.1 Å². The lowest BCUT2D eigenvalue weighted by Gasteiger charge is -2.35. The maximum absolute atomic E-state index is 12.4. The Labute approximate surface area is 158 Å². The van der Waals surface area contributed by atoms with E-state index in [1.807, 2.05) is 23.1 Å². The van der Waals surface area contributed by atoms with Gasteiger partial charge in [-0.05, 0) is 24.5 Å². The first-order valence-electron chi connectivity index (χ1n) is 8.51. The molecule has 1 saturated heterocycles. The van der Waals surface area contributed by atoms with Crippen LogP contribution in [0, 0.1) is 0 Å². The summed E-state index contributed by atoms with van der Waals surface area (Å²) >= 11 is 12.1. The second-order valence-corrected chi connectivity index (χ2v) is 7.01. The van der Waals surface area contributed by atoms with Crippen LogP contribution in [0.3, 0.4) is 0 Å². The lowest BCUT2D eigenvalue weighted by Crippen LogP contribution is -2.49. The van der Waals surface area contributed by atoms with Crippen molar-refractivity contribution in [1.82, 2.24) is 9.88 Å². The first kappa shape index (κ1) is 18.0. The molecule has 0 radical (unpaired) electrons. The molecule has 0 spiro atoms. The number of anilines is 1. The summed E-state index contributed by atoms with van der Waals surface area (Å²) in [6.45, 7) is 2.87. The molecular weight excluding hydrogens is 357 g/mol. The van der Waals surface area contributed by atoms with E-state index < -0.39 is 0 Å². The molecule has 2 heterocycles. The number of nitrogens with zero attached hydrogens (tertiary/aromatic N) is 3. The van der Waals surface area contributed by atoms with E-state index in [9.17, 15) is 4.79 Å². The van der Waals surface area contributed by atoms with Gasteiger partial charge in [0.2, 0.25) is 5.91 Å². The number of rotatable bonds is 5. The predicted octanol–water partition coefficient (Wildman–Crippen LogP) is 4.06. The second-order valence-electron chi connectivity index (χ2n) is 6.17. The number of aromatic nitrogens is 1. The van der Waals surface area contributed by atoms with Gasteiger partial charge in [-0.25, -0.2) is 4.98 Å². The van der Waals surface area contributed by atoms with Crippen LogP contribution in [0.2, 0.25) is 10.0 Å². The fraction of sp³-hybridized carbons (Fsp3) is 0.368. The third-order valence-electron chi connectivity index (χ3n) is 4.42. The topological polar surface area (TPSA) is 36.4 Å². The molecule has 0 aliphatic carbocycles. The van der Waals surface area contributed by atoms with E-state index in [1.54, 1.807) is 12.3 Å². The summed E-state index contributed by atoms with van der Waals surface area (Å²) in [4.78, 5) is 20.7. The van der Waals surface area contributed by atoms with E-state index in [0.717, 1.165) is 31.7 Å². The highest BCUT2D eigenvalue weighted by Crippen LogP contribution is 2.26. The molecule has 4 nitrogen and oxygen atoms in total. The van der Waals surface area contributed by atoms with Crippen LogP contribution in [0.4, 0.5) is 5.82 Å². The Balaban J connectivity index is 1.46. The van der Waals surface area contributed by atoms with Crippen LogP contribution >= 0.6 is 23.2 Å². The molecule has 0 bridgehead atoms. The van der Waals surface area contributed by atoms with Gasteiger partial charge in [0.25, 0.3) is 0 Å². The van der Waals surface area contributed by atoms with Gasteiger partial charge in [-0.2, -0.15) is 0 Å². The highest BCUT2D eigenvalue weighted by atomic mass is 35.5. The lowest BCUT2D eigenvalue weighted by atomic mass is 10.1. The fourth-order valence-corrected chi connectivity index (χ4v) is 3.55. The maximum atomic E-state index is 12.4. The molecule has 1 fully saturated rings. The van der Waals surface area contributed by atoms with Gasteiger partial charge in [0, 0.05) is 38.8 Å². The Morgan fingerprint density at radius 1 is 1.08 bits per heavy atom. The molecule has 6 heteroatoms. The highest BCUT2D eigenvalue weighted by molar-refractivity contribution is 6.36. The Bertz CT molecular complexity index is 716. The molecule has 1 aliphatic rings. The quantitative estimate of drug-likeness (QED) is 0.787. The van der Waals surface area contributed by atoms with Crippen LogP contribution < -0.4 is 4.90 Å². The van der Waals surface area contributed by atoms with Crippen molar-refractivity contribution >= 4 is 34.9 Å². The molecule has 25 heavy (non-hydrogen) atoms. The summed E-state index contributed by atoms with van der Waals surface area (Å²) in [7, 11) is 0. The summed E-state index contributed by atoms with van der Waals surface area (Å²) in [5, 5.41) is 1.08. The number of halogens is 2. The first-order chi connectivity index (χ1) is 12.1. The van der Waals surface area contributed by atoms with Gasteiger partial charge >= 0.3 is 0 Å². The summed E-state index contributed by atoms with van der Waals surface area (Å²) in [6, 6.07) is 12.0. The molecule has 0 unspecified atom stereocenters. The predicted molar refractivity (Wildman–Crippen MR) is 102 cm³/mol. The Kier molecular flexibility index (Phi) is 6.16. The molecule has 0 N–H and O–H groups in total. The van der Waals surface area contributed by atoms with Crippen LogP contribution in [-0.4, -0.2) is 42.0 Å². The monoisotopic (exact) mass is 377 g/mol. The first-order valence-corrected chi connectivity index (χ1v) is 9.27. The van der Waals surface area contributed by atoms with Crippen molar-refractivity contribution in [3.8, 4) is 0 Å². The number of piperazine rings is 1. The SMILES string of the molecule is O=C(CCCc1ccccc1)N1CCN(c2ncc(Cl)cc2Cl)CC1. The molecule has 1 aromatic carbocycles. The van der Waals surface area contributed by atoms with Crippen molar-refractivity contribution in [1.29, 1.82) is 0 Å². The third-order valence-corrected chi connectivity index (χ3v) is 4.90. The van der Waals surface area contributed by atoms with E-state index in [0.29, 0.717) is 29.6 Å². The lowest BCUT2D eigenvalue weighted by molar-refractivity contribution is -0.131. The average Bonchev–Trinajstić information content (AvgIpc) is 2.63. The largest absolute Gasteiger partial charge is 0.352 e. The molecule has 132 valence electrons. The summed E-state index contributed by atoms with van der Waals surface area (Å²) in [5.41, 5.74) is 1.28. The molecule has 3 rings (SSSR count). The van der Waals surface area contributed by atoms with Crippen molar-refractivity contribution in [2.45, 2.75) is 19.3 Å². The van der Waals surface area contributed by atoms with Gasteiger partial charge in [-0.1, -0.05) is 53.5 Å². The number of benzene rings is 1. The van der Waals surface area contributed by atoms with E-state index in [1.165, 1.54) is 5.56 Å². The van der Waals surface area contributed by atoms with Gasteiger partial charge in [0.1, 0.15) is 5.82 Å². The van der Waals surface area contributed by atoms with Crippen LogP contribution in [0.15, 0.2) is 42.6 Å². The molecule has 0 saturated carbocycles. The van der Waals surface area contributed by atoms with Gasteiger partial charge in [-0.15, -0.1) is 0 Å². The molecule has 1 aliphatic heterocycles. The minimum atomic E-state index is 0.228. The minimum Gasteiger partial charge on any atom is -0.352 e. The number of carbonyl (C=O) groups is 1. The Morgan fingerprint density at radius 3 is 2.48 bits per heavy atom. The van der Waals surface area contributed by atoms with Gasteiger partial charge < -0.3 is 9.80 Å². The summed E-state index contributed by atoms with van der Waals surface area (Å²) < 4.78 is 0. The smallest absolute Gasteiger partial charge is 0.222 e. The standard InChI is InChI=1S/C19H21Cl2N3O/c20-16-13-17(21)19(22-14-16)24-11-9-23(10-12-24)18(25)8-4-7-15-5-2-1-3-6-15/h1-3,5-6,13-14H,4,7-12H2. The number of hydrogen-bond acceptors (Lipinski definition) is 3. The number of pyridine rings is 1. The molecular formula is C19H21Cl2N3O. The zero-order chi connectivity index (χ0) is 17.6. The van der Waals surface area contributed by atoms with E-state index in [2.05, 4.69) is 22.0 Å². The Morgan fingerprint density at radius 2 is 1.80 bits per heavy atom. The number of carbonyl (C=O) groups excluding carboxylic acids is 1. The van der Waals surface area contributed by atoms with E-state index in [4.69, 9.17) is 23.2 Å². The minimum absolute atomic E-state index is 0.228. The zero-order valence-corrected chi connectivity index (χ0v) is 15.5. The molecule has 0 atom stereocenters. The van der Waals surface area contributed by atoms with Crippen LogP contribution in [0.25, 0.3) is 0 Å². The highest BCUT2D eigenvalue weighted by Gasteiger charge is 2.22. The van der Waals surface area contributed by atoms with Gasteiger partial charge in [0.05, 0.1) is 10.0 Å². The van der Waals surface area contributed by atoms with Crippen LogP contribution in [-0.2, 0) is 11.2 Å². The summed E-state index contributed by atoms with van der Waals surface area (Å²) in [5.74, 6) is 0.966.